The van der Waals surface area contributed by atoms with Gasteiger partial charge in [0.2, 0.25) is 5.91 Å². The third-order valence-corrected chi connectivity index (χ3v) is 9.35. The first-order valence-corrected chi connectivity index (χ1v) is 20.4. The van der Waals surface area contributed by atoms with E-state index in [-0.39, 0.29) is 12.5 Å². The summed E-state index contributed by atoms with van der Waals surface area (Å²) in [5.41, 5.74) is 0. The zero-order valence-corrected chi connectivity index (χ0v) is 32.1. The van der Waals surface area contributed by atoms with Crippen LogP contribution in [-0.2, 0) is 14.3 Å². The van der Waals surface area contributed by atoms with E-state index in [0.29, 0.717) is 6.42 Å². The molecule has 1 heterocycles. The number of carbonyl (C=O) groups is 1. The first-order valence-electron chi connectivity index (χ1n) is 20.4. The molecule has 2 unspecified atom stereocenters. The van der Waals surface area contributed by atoms with Crippen LogP contribution >= 0.6 is 0 Å². The average molecular weight is 722 g/mol. The van der Waals surface area contributed by atoms with Gasteiger partial charge in [0.25, 0.3) is 0 Å². The molecule has 1 aliphatic heterocycles. The third kappa shape index (κ3) is 24.2. The van der Waals surface area contributed by atoms with Crippen LogP contribution in [0.25, 0.3) is 0 Å². The van der Waals surface area contributed by atoms with Crippen molar-refractivity contribution in [2.45, 2.75) is 198 Å². The highest BCUT2D eigenvalue weighted by molar-refractivity contribution is 5.76. The summed E-state index contributed by atoms with van der Waals surface area (Å²) in [7, 11) is 0. The van der Waals surface area contributed by atoms with Gasteiger partial charge in [-0.05, 0) is 70.6 Å². The van der Waals surface area contributed by atoms with Gasteiger partial charge in [0.1, 0.15) is 24.4 Å². The zero-order chi connectivity index (χ0) is 37.4. The van der Waals surface area contributed by atoms with E-state index in [2.05, 4.69) is 55.6 Å². The lowest BCUT2D eigenvalue weighted by molar-refractivity contribution is -0.302. The molecule has 0 spiro atoms. The fraction of sp³-hybridized carbons (Fsp3) is 0.786. The number of hydrogen-bond acceptors (Lipinski definition) is 8. The summed E-state index contributed by atoms with van der Waals surface area (Å²) in [4.78, 5) is 12.9. The number of hydrogen-bond donors (Lipinski definition) is 6. The maximum absolute atomic E-state index is 12.9. The molecule has 1 aliphatic rings. The summed E-state index contributed by atoms with van der Waals surface area (Å²) < 4.78 is 11.2. The number of carbonyl (C=O) groups excluding carboxylic acids is 1. The van der Waals surface area contributed by atoms with Crippen LogP contribution in [0.5, 0.6) is 0 Å². The molecule has 1 fully saturated rings. The summed E-state index contributed by atoms with van der Waals surface area (Å²) in [6, 6.07) is -0.814. The van der Waals surface area contributed by atoms with Crippen molar-refractivity contribution >= 4 is 5.91 Å². The van der Waals surface area contributed by atoms with Crippen molar-refractivity contribution in [3.63, 3.8) is 0 Å². The molecule has 1 rings (SSSR count). The largest absolute Gasteiger partial charge is 0.394 e. The van der Waals surface area contributed by atoms with Crippen LogP contribution in [0.15, 0.2) is 48.6 Å². The molecule has 0 bridgehead atoms. The van der Waals surface area contributed by atoms with Gasteiger partial charge in [0.05, 0.1) is 25.4 Å². The minimum atomic E-state index is -1.57. The minimum absolute atomic E-state index is 0.198. The number of unbranched alkanes of at least 4 members (excludes halogenated alkanes) is 16. The van der Waals surface area contributed by atoms with E-state index < -0.39 is 49.5 Å². The average Bonchev–Trinajstić information content (AvgIpc) is 3.13. The Labute approximate surface area is 310 Å². The third-order valence-electron chi connectivity index (χ3n) is 9.35. The van der Waals surface area contributed by atoms with E-state index in [4.69, 9.17) is 9.47 Å². The van der Waals surface area contributed by atoms with Gasteiger partial charge in [-0.25, -0.2) is 0 Å². The molecule has 9 nitrogen and oxygen atoms in total. The van der Waals surface area contributed by atoms with Gasteiger partial charge in [-0.15, -0.1) is 0 Å². The zero-order valence-electron chi connectivity index (χ0n) is 32.1. The van der Waals surface area contributed by atoms with Crippen LogP contribution in [-0.4, -0.2) is 87.5 Å². The van der Waals surface area contributed by atoms with Gasteiger partial charge in [-0.1, -0.05) is 127 Å². The number of aliphatic hydroxyl groups excluding tert-OH is 5. The van der Waals surface area contributed by atoms with E-state index in [1.807, 2.05) is 6.08 Å². The molecule has 1 amide bonds. The van der Waals surface area contributed by atoms with Crippen LogP contribution in [0.3, 0.4) is 0 Å². The normalized spacial score (nSPS) is 22.5. The van der Waals surface area contributed by atoms with Crippen molar-refractivity contribution in [3.8, 4) is 0 Å². The SMILES string of the molecule is CCC/C=C/CCCCCCCC/C=C/[C@@H](O)[C@H](CO[C@H]1O[C@@H](CO)[C@H](O)C(O)C1O)NC(=O)CCCCCCC/C=C/C/C=C/CCCCC. The predicted molar refractivity (Wildman–Crippen MR) is 207 cm³/mol. The van der Waals surface area contributed by atoms with Crippen LogP contribution < -0.4 is 5.32 Å². The Balaban J connectivity index is 2.45. The summed E-state index contributed by atoms with van der Waals surface area (Å²) in [6.07, 6.45) is 32.9. The number of allylic oxidation sites excluding steroid dienone is 7. The molecular formula is C42H75NO8. The summed E-state index contributed by atoms with van der Waals surface area (Å²) in [5, 5.41) is 54.0. The highest BCUT2D eigenvalue weighted by atomic mass is 16.7. The van der Waals surface area contributed by atoms with Crippen molar-refractivity contribution in [3.05, 3.63) is 48.6 Å². The second-order valence-electron chi connectivity index (χ2n) is 14.1. The predicted octanol–water partition coefficient (Wildman–Crippen LogP) is 7.50. The Morgan fingerprint density at radius 1 is 0.667 bits per heavy atom. The Hall–Kier alpha value is -1.85. The molecule has 0 aliphatic carbocycles. The minimum Gasteiger partial charge on any atom is -0.394 e. The molecule has 9 heteroatoms. The molecule has 0 aromatic carbocycles. The smallest absolute Gasteiger partial charge is 0.220 e. The molecule has 0 aromatic heterocycles. The molecule has 6 N–H and O–H groups in total. The Morgan fingerprint density at radius 3 is 1.78 bits per heavy atom. The Bertz CT molecular complexity index is 936. The molecule has 0 saturated carbocycles. The van der Waals surface area contributed by atoms with E-state index in [1.165, 1.54) is 57.8 Å². The molecule has 51 heavy (non-hydrogen) atoms. The van der Waals surface area contributed by atoms with E-state index >= 15 is 0 Å². The number of ether oxygens (including phenoxy) is 2. The van der Waals surface area contributed by atoms with Crippen LogP contribution in [0, 0.1) is 0 Å². The lowest BCUT2D eigenvalue weighted by Crippen LogP contribution is -2.60. The van der Waals surface area contributed by atoms with Crippen LogP contribution in [0.4, 0.5) is 0 Å². The van der Waals surface area contributed by atoms with Gasteiger partial charge in [0, 0.05) is 6.42 Å². The Kier molecular flexibility index (Phi) is 30.3. The fourth-order valence-corrected chi connectivity index (χ4v) is 6.01. The first kappa shape index (κ1) is 47.2. The van der Waals surface area contributed by atoms with E-state index in [1.54, 1.807) is 6.08 Å². The standard InChI is InChI=1S/C42H75NO8/c1-3-5-7-9-11-13-15-17-18-20-22-24-26-28-30-32-38(46)43-35(34-50-42-41(49)40(48)39(47)37(33-44)51-42)36(45)31-29-27-25-23-21-19-16-14-12-10-8-6-4-2/h8,10-11,13,17-18,29,31,35-37,39-42,44-45,47-49H,3-7,9,12,14-16,19-28,30,32-34H2,1-2H3,(H,43,46)/b10-8+,13-11+,18-17+,31-29+/t35-,36+,37-,39-,40?,41?,42-/m0/s1. The monoisotopic (exact) mass is 722 g/mol. The fourth-order valence-electron chi connectivity index (χ4n) is 6.01. The lowest BCUT2D eigenvalue weighted by Gasteiger charge is -2.40. The summed E-state index contributed by atoms with van der Waals surface area (Å²) in [5.74, 6) is -0.198. The second-order valence-corrected chi connectivity index (χ2v) is 14.1. The summed E-state index contributed by atoms with van der Waals surface area (Å²) in [6.45, 7) is 3.65. The lowest BCUT2D eigenvalue weighted by atomic mass is 9.99. The van der Waals surface area contributed by atoms with Gasteiger partial charge >= 0.3 is 0 Å². The van der Waals surface area contributed by atoms with Gasteiger partial charge < -0.3 is 40.3 Å². The van der Waals surface area contributed by atoms with Crippen molar-refractivity contribution in [1.82, 2.24) is 5.32 Å². The molecular weight excluding hydrogens is 646 g/mol. The van der Waals surface area contributed by atoms with Gasteiger partial charge in [-0.3, -0.25) is 4.79 Å². The topological polar surface area (TPSA) is 149 Å². The summed E-state index contributed by atoms with van der Waals surface area (Å²) >= 11 is 0. The molecule has 7 atom stereocenters. The van der Waals surface area contributed by atoms with Gasteiger partial charge in [-0.2, -0.15) is 0 Å². The van der Waals surface area contributed by atoms with Crippen molar-refractivity contribution in [2.24, 2.45) is 0 Å². The quantitative estimate of drug-likeness (QED) is 0.0309. The number of rotatable bonds is 32. The van der Waals surface area contributed by atoms with Crippen molar-refractivity contribution in [1.29, 1.82) is 0 Å². The van der Waals surface area contributed by atoms with Crippen molar-refractivity contribution < 1.29 is 39.8 Å². The molecule has 296 valence electrons. The molecule has 1 saturated heterocycles. The molecule has 0 aromatic rings. The number of aliphatic hydroxyl groups is 5. The highest BCUT2D eigenvalue weighted by Gasteiger charge is 2.44. The van der Waals surface area contributed by atoms with Crippen LogP contribution in [0.2, 0.25) is 0 Å². The second kappa shape index (κ2) is 32.8. The van der Waals surface area contributed by atoms with Crippen molar-refractivity contribution in [2.75, 3.05) is 13.2 Å². The first-order chi connectivity index (χ1) is 24.8. The maximum Gasteiger partial charge on any atom is 0.220 e. The van der Waals surface area contributed by atoms with Crippen LogP contribution in [0.1, 0.15) is 155 Å². The highest BCUT2D eigenvalue weighted by Crippen LogP contribution is 2.22. The number of nitrogens with one attached hydrogen (secondary N) is 1. The Morgan fingerprint density at radius 2 is 1.20 bits per heavy atom. The molecule has 0 radical (unpaired) electrons. The number of amides is 1. The maximum atomic E-state index is 12.9. The van der Waals surface area contributed by atoms with Gasteiger partial charge in [0.15, 0.2) is 6.29 Å². The van der Waals surface area contributed by atoms with E-state index in [9.17, 15) is 30.3 Å². The van der Waals surface area contributed by atoms with E-state index in [0.717, 1.165) is 77.0 Å².